The van der Waals surface area contributed by atoms with Crippen LogP contribution in [-0.4, -0.2) is 20.5 Å². The van der Waals surface area contributed by atoms with E-state index >= 15 is 0 Å². The van der Waals surface area contributed by atoms with Crippen LogP contribution < -0.4 is 0 Å². The number of rotatable bonds is 3. The molecule has 1 N–H and O–H groups in total. The Balaban J connectivity index is 2.14. The Hall–Kier alpha value is -1.98. The average Bonchev–Trinajstić information content (AvgIpc) is 2.79. The zero-order valence-corrected chi connectivity index (χ0v) is 11.7. The summed E-state index contributed by atoms with van der Waals surface area (Å²) in [7, 11) is 0. The highest BCUT2D eigenvalue weighted by Gasteiger charge is 2.19. The molecule has 3 aromatic rings. The van der Waals surface area contributed by atoms with Gasteiger partial charge in [0.1, 0.15) is 10.7 Å². The van der Waals surface area contributed by atoms with Crippen molar-refractivity contribution in [3.8, 4) is 0 Å². The number of hydrogen-bond acceptors (Lipinski definition) is 3. The van der Waals surface area contributed by atoms with Crippen molar-refractivity contribution in [3.05, 3.63) is 59.4 Å². The van der Waals surface area contributed by atoms with Crippen molar-refractivity contribution in [2.75, 3.05) is 0 Å². The van der Waals surface area contributed by atoms with Gasteiger partial charge in [-0.3, -0.25) is 4.40 Å². The predicted molar refractivity (Wildman–Crippen MR) is 77.7 cm³/mol. The third kappa shape index (κ3) is 2.26. The second-order valence-corrected chi connectivity index (χ2v) is 5.47. The molecule has 0 spiro atoms. The number of benzene rings is 1. The molecule has 0 saturated carbocycles. The molecule has 100 valence electrons. The minimum absolute atomic E-state index is 0.144. The van der Waals surface area contributed by atoms with Gasteiger partial charge in [-0.1, -0.05) is 41.6 Å². The second kappa shape index (κ2) is 5.19. The lowest BCUT2D eigenvalue weighted by molar-refractivity contribution is 0.0685. The maximum Gasteiger partial charge on any atom is 0.355 e. The number of nitrogens with zero attached hydrogens (tertiary/aromatic N) is 2. The Bertz CT molecular complexity index is 801. The molecular formula is C14H9ClN2O2S. The van der Waals surface area contributed by atoms with Crippen LogP contribution in [-0.2, 0) is 0 Å². The Morgan fingerprint density at radius 1 is 1.20 bits per heavy atom. The Morgan fingerprint density at radius 3 is 2.70 bits per heavy atom. The number of aromatic nitrogens is 2. The standard InChI is InChI=1S/C14H9ClN2O2S/c15-9-5-1-2-6-10(9)20-13-12(14(18)19)17-8-4-3-7-11(17)16-13/h1-8H,(H,18,19). The second-order valence-electron chi connectivity index (χ2n) is 4.03. The van der Waals surface area contributed by atoms with Crippen LogP contribution >= 0.6 is 23.4 Å². The van der Waals surface area contributed by atoms with Gasteiger partial charge in [-0.25, -0.2) is 9.78 Å². The number of pyridine rings is 1. The smallest absolute Gasteiger partial charge is 0.355 e. The molecule has 2 heterocycles. The highest BCUT2D eigenvalue weighted by molar-refractivity contribution is 7.99. The number of carbonyl (C=O) groups is 1. The summed E-state index contributed by atoms with van der Waals surface area (Å²) in [4.78, 5) is 16.6. The van der Waals surface area contributed by atoms with Crippen LogP contribution in [0.1, 0.15) is 10.5 Å². The molecule has 0 atom stereocenters. The van der Waals surface area contributed by atoms with Gasteiger partial charge < -0.3 is 5.11 Å². The summed E-state index contributed by atoms with van der Waals surface area (Å²) in [6.07, 6.45) is 1.68. The van der Waals surface area contributed by atoms with Crippen LogP contribution in [0.3, 0.4) is 0 Å². The Labute approximate surface area is 124 Å². The van der Waals surface area contributed by atoms with Crippen molar-refractivity contribution < 1.29 is 9.90 Å². The first kappa shape index (κ1) is 13.0. The molecule has 0 saturated heterocycles. The van der Waals surface area contributed by atoms with Gasteiger partial charge in [-0.05, 0) is 24.3 Å². The number of halogens is 1. The molecule has 3 rings (SSSR count). The quantitative estimate of drug-likeness (QED) is 0.799. The van der Waals surface area contributed by atoms with Gasteiger partial charge >= 0.3 is 5.97 Å². The monoisotopic (exact) mass is 304 g/mol. The molecule has 0 aliphatic heterocycles. The largest absolute Gasteiger partial charge is 0.476 e. The van der Waals surface area contributed by atoms with E-state index in [4.69, 9.17) is 11.6 Å². The fraction of sp³-hybridized carbons (Fsp3) is 0. The van der Waals surface area contributed by atoms with Crippen molar-refractivity contribution in [3.63, 3.8) is 0 Å². The fourth-order valence-electron chi connectivity index (χ4n) is 1.87. The van der Waals surface area contributed by atoms with Crippen molar-refractivity contribution in [2.24, 2.45) is 0 Å². The molecule has 1 aromatic carbocycles. The van der Waals surface area contributed by atoms with E-state index in [2.05, 4.69) is 4.98 Å². The van der Waals surface area contributed by atoms with Gasteiger partial charge in [0.25, 0.3) is 0 Å². The van der Waals surface area contributed by atoms with E-state index in [-0.39, 0.29) is 5.69 Å². The fourth-order valence-corrected chi connectivity index (χ4v) is 3.07. The molecule has 4 nitrogen and oxygen atoms in total. The summed E-state index contributed by atoms with van der Waals surface area (Å²) in [5.74, 6) is -1.02. The predicted octanol–water partition coefficient (Wildman–Crippen LogP) is 3.84. The van der Waals surface area contributed by atoms with E-state index in [1.54, 1.807) is 28.8 Å². The lowest BCUT2D eigenvalue weighted by Crippen LogP contribution is -2.02. The van der Waals surface area contributed by atoms with E-state index in [1.807, 2.05) is 24.3 Å². The first-order chi connectivity index (χ1) is 9.66. The first-order valence-corrected chi connectivity index (χ1v) is 6.99. The topological polar surface area (TPSA) is 54.6 Å². The van der Waals surface area contributed by atoms with Gasteiger partial charge in [0, 0.05) is 11.1 Å². The summed E-state index contributed by atoms with van der Waals surface area (Å²) in [6.45, 7) is 0. The Kier molecular flexibility index (Phi) is 3.38. The molecule has 0 bridgehead atoms. The van der Waals surface area contributed by atoms with Crippen LogP contribution in [0, 0.1) is 0 Å². The molecule has 2 aromatic heterocycles. The lowest BCUT2D eigenvalue weighted by atomic mass is 10.4. The zero-order valence-electron chi connectivity index (χ0n) is 10.2. The van der Waals surface area contributed by atoms with Crippen LogP contribution in [0.15, 0.2) is 58.6 Å². The Morgan fingerprint density at radius 2 is 1.95 bits per heavy atom. The van der Waals surface area contributed by atoms with Crippen LogP contribution in [0.25, 0.3) is 5.65 Å². The molecule has 0 aliphatic rings. The van der Waals surface area contributed by atoms with Gasteiger partial charge in [-0.15, -0.1) is 0 Å². The number of hydrogen-bond donors (Lipinski definition) is 1. The lowest BCUT2D eigenvalue weighted by Gasteiger charge is -2.02. The van der Waals surface area contributed by atoms with Gasteiger partial charge in [-0.2, -0.15) is 0 Å². The zero-order chi connectivity index (χ0) is 14.1. The molecule has 20 heavy (non-hydrogen) atoms. The van der Waals surface area contributed by atoms with Crippen LogP contribution in [0.2, 0.25) is 5.02 Å². The molecule has 0 fully saturated rings. The van der Waals surface area contributed by atoms with Crippen molar-refractivity contribution >= 4 is 35.0 Å². The first-order valence-electron chi connectivity index (χ1n) is 5.79. The highest BCUT2D eigenvalue weighted by atomic mass is 35.5. The van der Waals surface area contributed by atoms with E-state index in [1.165, 1.54) is 11.8 Å². The third-order valence-electron chi connectivity index (χ3n) is 2.74. The number of carboxylic acid groups (broad SMARTS) is 1. The molecule has 0 amide bonds. The summed E-state index contributed by atoms with van der Waals surface area (Å²) >= 11 is 7.35. The summed E-state index contributed by atoms with van der Waals surface area (Å²) in [6, 6.07) is 12.6. The van der Waals surface area contributed by atoms with E-state index in [0.717, 1.165) is 4.90 Å². The highest BCUT2D eigenvalue weighted by Crippen LogP contribution is 2.34. The summed E-state index contributed by atoms with van der Waals surface area (Å²) in [5, 5.41) is 10.4. The van der Waals surface area contributed by atoms with Crippen molar-refractivity contribution in [2.45, 2.75) is 9.92 Å². The molecule has 0 unspecified atom stereocenters. The van der Waals surface area contributed by atoms with Crippen molar-refractivity contribution in [1.82, 2.24) is 9.38 Å². The average molecular weight is 305 g/mol. The van der Waals surface area contributed by atoms with Crippen LogP contribution in [0.4, 0.5) is 0 Å². The summed E-state index contributed by atoms with van der Waals surface area (Å²) < 4.78 is 1.56. The van der Waals surface area contributed by atoms with E-state index in [0.29, 0.717) is 15.7 Å². The normalized spacial score (nSPS) is 10.8. The number of aromatic carboxylic acids is 1. The van der Waals surface area contributed by atoms with Gasteiger partial charge in [0.05, 0.1) is 5.02 Å². The van der Waals surface area contributed by atoms with Gasteiger partial charge in [0.15, 0.2) is 5.69 Å². The molecule has 0 aliphatic carbocycles. The molecule has 6 heteroatoms. The third-order valence-corrected chi connectivity index (χ3v) is 4.24. The minimum atomic E-state index is -1.02. The van der Waals surface area contributed by atoms with Crippen molar-refractivity contribution in [1.29, 1.82) is 0 Å². The van der Waals surface area contributed by atoms with Crippen LogP contribution in [0.5, 0.6) is 0 Å². The number of imidazole rings is 1. The maximum absolute atomic E-state index is 11.5. The van der Waals surface area contributed by atoms with Gasteiger partial charge in [0.2, 0.25) is 0 Å². The van der Waals surface area contributed by atoms with E-state index in [9.17, 15) is 9.90 Å². The SMILES string of the molecule is O=C(O)c1c(Sc2ccccc2Cl)nc2ccccn12. The van der Waals surface area contributed by atoms with E-state index < -0.39 is 5.97 Å². The maximum atomic E-state index is 11.5. The number of carboxylic acids is 1. The molecule has 0 radical (unpaired) electrons. The minimum Gasteiger partial charge on any atom is -0.476 e. The molecular weight excluding hydrogens is 296 g/mol. The summed E-state index contributed by atoms with van der Waals surface area (Å²) in [5.41, 5.74) is 0.741. The number of fused-ring (bicyclic) bond motifs is 1.